The number of hydrogen-bond donors (Lipinski definition) is 2. The van der Waals surface area contributed by atoms with Gasteiger partial charge in [-0.2, -0.15) is 0 Å². The van der Waals surface area contributed by atoms with E-state index < -0.39 is 10.0 Å². The van der Waals surface area contributed by atoms with Crippen LogP contribution in [0.1, 0.15) is 24.6 Å². The van der Waals surface area contributed by atoms with E-state index in [2.05, 4.69) is 11.6 Å². The van der Waals surface area contributed by atoms with Crippen molar-refractivity contribution in [3.8, 4) is 0 Å². The van der Waals surface area contributed by atoms with Crippen LogP contribution in [0.2, 0.25) is 0 Å². The van der Waals surface area contributed by atoms with Crippen LogP contribution in [0, 0.1) is 0 Å². The predicted molar refractivity (Wildman–Crippen MR) is 84.5 cm³/mol. The van der Waals surface area contributed by atoms with Crippen molar-refractivity contribution in [3.63, 3.8) is 0 Å². The number of nitrogens with two attached hydrogens (primary N) is 1. The van der Waals surface area contributed by atoms with Gasteiger partial charge in [0.25, 0.3) is 10.0 Å². The van der Waals surface area contributed by atoms with Gasteiger partial charge >= 0.3 is 0 Å². The smallest absolute Gasteiger partial charge is 0.263 e. The van der Waals surface area contributed by atoms with Gasteiger partial charge in [-0.3, -0.25) is 4.72 Å². The molecule has 0 saturated heterocycles. The first kappa shape index (κ1) is 15.6. The zero-order chi connectivity index (χ0) is 15.5. The molecule has 0 saturated carbocycles. The summed E-state index contributed by atoms with van der Waals surface area (Å²) in [5, 5.41) is 0. The molecule has 0 spiro atoms. The second-order valence-corrected chi connectivity index (χ2v) is 6.68. The molecule has 0 atom stereocenters. The molecule has 0 bridgehead atoms. The van der Waals surface area contributed by atoms with Crippen molar-refractivity contribution in [1.82, 2.24) is 4.57 Å². The minimum Gasteiger partial charge on any atom is -0.352 e. The normalized spacial score (nSPS) is 11.6. The van der Waals surface area contributed by atoms with E-state index in [4.69, 9.17) is 5.73 Å². The highest BCUT2D eigenvalue weighted by atomic mass is 32.2. The molecule has 6 heteroatoms. The fraction of sp³-hybridized carbons (Fsp3) is 0.333. The van der Waals surface area contributed by atoms with E-state index in [1.807, 2.05) is 18.2 Å². The van der Waals surface area contributed by atoms with E-state index in [1.54, 1.807) is 29.9 Å². The van der Waals surface area contributed by atoms with Crippen LogP contribution in [0.4, 0.5) is 5.69 Å². The maximum absolute atomic E-state index is 12.5. The van der Waals surface area contributed by atoms with Crippen LogP contribution in [0.15, 0.2) is 41.4 Å². The lowest BCUT2D eigenvalue weighted by atomic mass is 10.1. The number of nitrogens with zero attached hydrogens (tertiary/aromatic N) is 1. The molecule has 114 valence electrons. The summed E-state index contributed by atoms with van der Waals surface area (Å²) in [5.74, 6) is 0. The topological polar surface area (TPSA) is 77.1 Å². The maximum atomic E-state index is 12.5. The molecule has 1 heterocycles. The summed E-state index contributed by atoms with van der Waals surface area (Å²) in [6.45, 7) is 2.37. The molecule has 2 rings (SSSR count). The van der Waals surface area contributed by atoms with E-state index in [0.717, 1.165) is 24.1 Å². The third-order valence-corrected chi connectivity index (χ3v) is 4.72. The summed E-state index contributed by atoms with van der Waals surface area (Å²) in [6, 6.07) is 9.07. The number of hydrogen-bond acceptors (Lipinski definition) is 3. The number of para-hydroxylation sites is 1. The second kappa shape index (κ2) is 6.32. The first-order valence-corrected chi connectivity index (χ1v) is 8.42. The first-order chi connectivity index (χ1) is 9.97. The van der Waals surface area contributed by atoms with Crippen molar-refractivity contribution < 1.29 is 8.42 Å². The molecule has 3 N–H and O–H groups in total. The largest absolute Gasteiger partial charge is 0.352 e. The fourth-order valence-electron chi connectivity index (χ4n) is 2.24. The van der Waals surface area contributed by atoms with Crippen LogP contribution in [-0.2, 0) is 30.0 Å². The molecular formula is C15H21N3O2S. The highest BCUT2D eigenvalue weighted by Gasteiger charge is 2.18. The predicted octanol–water partition coefficient (Wildman–Crippen LogP) is 2.24. The van der Waals surface area contributed by atoms with Crippen LogP contribution < -0.4 is 10.5 Å². The van der Waals surface area contributed by atoms with Gasteiger partial charge in [-0.1, -0.05) is 31.5 Å². The number of nitrogens with one attached hydrogen (secondary N) is 1. The number of benzene rings is 1. The summed E-state index contributed by atoms with van der Waals surface area (Å²) in [5.41, 5.74) is 8.00. The Kier molecular flexibility index (Phi) is 4.69. The van der Waals surface area contributed by atoms with Crippen molar-refractivity contribution in [2.45, 2.75) is 31.2 Å². The Labute approximate surface area is 125 Å². The summed E-state index contributed by atoms with van der Waals surface area (Å²) >= 11 is 0. The summed E-state index contributed by atoms with van der Waals surface area (Å²) in [4.78, 5) is 0.233. The molecule has 5 nitrogen and oxygen atoms in total. The van der Waals surface area contributed by atoms with Gasteiger partial charge in [-0.05, 0) is 24.1 Å². The highest BCUT2D eigenvalue weighted by Crippen LogP contribution is 2.22. The zero-order valence-corrected chi connectivity index (χ0v) is 13.2. The minimum atomic E-state index is -3.59. The van der Waals surface area contributed by atoms with Crippen LogP contribution in [0.3, 0.4) is 0 Å². The third-order valence-electron chi connectivity index (χ3n) is 3.38. The van der Waals surface area contributed by atoms with Gasteiger partial charge < -0.3 is 10.3 Å². The molecule has 21 heavy (non-hydrogen) atoms. The van der Waals surface area contributed by atoms with Crippen LogP contribution >= 0.6 is 0 Å². The van der Waals surface area contributed by atoms with Crippen molar-refractivity contribution in [1.29, 1.82) is 0 Å². The quantitative estimate of drug-likeness (QED) is 0.859. The van der Waals surface area contributed by atoms with E-state index in [-0.39, 0.29) is 4.90 Å². The van der Waals surface area contributed by atoms with Crippen molar-refractivity contribution in [2.75, 3.05) is 4.72 Å². The average molecular weight is 307 g/mol. The van der Waals surface area contributed by atoms with Gasteiger partial charge in [0.05, 0.1) is 5.69 Å². The van der Waals surface area contributed by atoms with Gasteiger partial charge in [0.15, 0.2) is 0 Å². The summed E-state index contributed by atoms with van der Waals surface area (Å²) in [7, 11) is -1.81. The Morgan fingerprint density at radius 1 is 1.29 bits per heavy atom. The third kappa shape index (κ3) is 3.46. The number of aryl methyl sites for hydroxylation is 2. The minimum absolute atomic E-state index is 0.233. The number of rotatable bonds is 6. The summed E-state index contributed by atoms with van der Waals surface area (Å²) < 4.78 is 29.3. The lowest BCUT2D eigenvalue weighted by Crippen LogP contribution is -2.13. The van der Waals surface area contributed by atoms with Crippen LogP contribution in [0.5, 0.6) is 0 Å². The Balaban J connectivity index is 2.33. The Morgan fingerprint density at radius 2 is 2.00 bits per heavy atom. The van der Waals surface area contributed by atoms with Gasteiger partial charge in [-0.15, -0.1) is 0 Å². The molecule has 0 amide bonds. The van der Waals surface area contributed by atoms with Crippen molar-refractivity contribution in [3.05, 3.63) is 47.8 Å². The summed E-state index contributed by atoms with van der Waals surface area (Å²) in [6.07, 6.45) is 3.37. The van der Waals surface area contributed by atoms with Gasteiger partial charge in [0.1, 0.15) is 4.90 Å². The molecular weight excluding hydrogens is 286 g/mol. The average Bonchev–Trinajstić information content (AvgIpc) is 2.83. The van der Waals surface area contributed by atoms with E-state index in [1.165, 1.54) is 0 Å². The van der Waals surface area contributed by atoms with Crippen LogP contribution in [0.25, 0.3) is 0 Å². The molecule has 0 aliphatic rings. The lowest BCUT2D eigenvalue weighted by molar-refractivity contribution is 0.601. The Bertz CT molecular complexity index is 720. The second-order valence-electron chi connectivity index (χ2n) is 4.99. The monoisotopic (exact) mass is 307 g/mol. The highest BCUT2D eigenvalue weighted by molar-refractivity contribution is 7.92. The zero-order valence-electron chi connectivity index (χ0n) is 12.3. The Hall–Kier alpha value is -1.79. The van der Waals surface area contributed by atoms with E-state index in [9.17, 15) is 8.42 Å². The molecule has 0 fully saturated rings. The fourth-order valence-corrected chi connectivity index (χ4v) is 3.43. The van der Waals surface area contributed by atoms with Crippen molar-refractivity contribution in [2.24, 2.45) is 12.8 Å². The first-order valence-electron chi connectivity index (χ1n) is 6.94. The number of aromatic nitrogens is 1. The maximum Gasteiger partial charge on any atom is 0.263 e. The van der Waals surface area contributed by atoms with Gasteiger partial charge in [0.2, 0.25) is 0 Å². The van der Waals surface area contributed by atoms with Gasteiger partial charge in [0, 0.05) is 25.5 Å². The standard InChI is InChI=1S/C15H21N3O2S/c1-3-6-12-7-4-5-8-15(12)17-21(19,20)14-9-13(10-16)18(2)11-14/h4-5,7-9,11,17H,3,6,10,16H2,1-2H3. The molecule has 0 aliphatic carbocycles. The Morgan fingerprint density at radius 3 is 2.62 bits per heavy atom. The number of sulfonamides is 1. The molecule has 0 aliphatic heterocycles. The van der Waals surface area contributed by atoms with Crippen LogP contribution in [-0.4, -0.2) is 13.0 Å². The van der Waals surface area contributed by atoms with E-state index in [0.29, 0.717) is 12.2 Å². The molecule has 1 aromatic carbocycles. The van der Waals surface area contributed by atoms with Crippen molar-refractivity contribution >= 4 is 15.7 Å². The molecule has 0 radical (unpaired) electrons. The molecule has 0 unspecified atom stereocenters. The molecule has 1 aromatic heterocycles. The molecule has 2 aromatic rings. The van der Waals surface area contributed by atoms with Gasteiger partial charge in [-0.25, -0.2) is 8.42 Å². The SMILES string of the molecule is CCCc1ccccc1NS(=O)(=O)c1cc(CN)n(C)c1. The lowest BCUT2D eigenvalue weighted by Gasteiger charge is -2.11. The van der Waals surface area contributed by atoms with E-state index >= 15 is 0 Å². The number of anilines is 1.